The molecule has 2 aliphatic rings. The number of nitrogens with zero attached hydrogens (tertiary/aromatic N) is 2. The van der Waals surface area contributed by atoms with Crippen molar-refractivity contribution < 1.29 is 0 Å². The molecule has 1 spiro atoms. The zero-order valence-corrected chi connectivity index (χ0v) is 20.9. The van der Waals surface area contributed by atoms with Gasteiger partial charge in [0.1, 0.15) is 0 Å². The van der Waals surface area contributed by atoms with Crippen LogP contribution in [0.2, 0.25) is 0 Å². The van der Waals surface area contributed by atoms with Gasteiger partial charge in [0.2, 0.25) is 0 Å². The van der Waals surface area contributed by atoms with Crippen molar-refractivity contribution in [3.8, 4) is 22.3 Å². The van der Waals surface area contributed by atoms with Gasteiger partial charge >= 0.3 is 0 Å². The molecular weight excluding hydrogens is 436 g/mol. The number of rotatable bonds is 3. The fourth-order valence-corrected chi connectivity index (χ4v) is 6.52. The van der Waals surface area contributed by atoms with Crippen molar-refractivity contribution in [3.63, 3.8) is 0 Å². The third kappa shape index (κ3) is 2.62. The number of hydrogen-bond donors (Lipinski definition) is 0. The minimum atomic E-state index is -0.301. The van der Waals surface area contributed by atoms with E-state index in [0.29, 0.717) is 0 Å². The number of benzene rings is 5. The van der Waals surface area contributed by atoms with Gasteiger partial charge in [-0.3, -0.25) is 0 Å². The average molecular weight is 465 g/mol. The van der Waals surface area contributed by atoms with Crippen LogP contribution in [-0.4, -0.2) is 21.1 Å². The Kier molecular flexibility index (Phi) is 4.44. The van der Waals surface area contributed by atoms with Crippen molar-refractivity contribution in [2.24, 2.45) is 0 Å². The van der Waals surface area contributed by atoms with Gasteiger partial charge in [0, 0.05) is 43.8 Å². The molecule has 2 aliphatic carbocycles. The van der Waals surface area contributed by atoms with Crippen LogP contribution in [0.3, 0.4) is 0 Å². The van der Waals surface area contributed by atoms with E-state index in [-0.39, 0.29) is 5.41 Å². The van der Waals surface area contributed by atoms with Crippen molar-refractivity contribution in [1.29, 1.82) is 0 Å². The Hall–Kier alpha value is -4.30. The Morgan fingerprint density at radius 3 is 1.50 bits per heavy atom. The molecule has 5 aromatic rings. The molecule has 0 radical (unpaired) electrons. The van der Waals surface area contributed by atoms with Crippen molar-refractivity contribution in [2.75, 3.05) is 30.9 Å². The lowest BCUT2D eigenvalue weighted by Gasteiger charge is -2.31. The molecule has 2 heteroatoms. The third-order valence-electron chi connectivity index (χ3n) is 8.11. The Morgan fingerprint density at radius 2 is 0.917 bits per heavy atom. The maximum absolute atomic E-state index is 2.35. The molecule has 36 heavy (non-hydrogen) atoms. The van der Waals surface area contributed by atoms with Crippen molar-refractivity contribution in [1.82, 2.24) is 0 Å². The first kappa shape index (κ1) is 21.0. The summed E-state index contributed by atoms with van der Waals surface area (Å²) < 4.78 is 0. The fourth-order valence-electron chi connectivity index (χ4n) is 6.52. The Labute approximate surface area is 213 Å². The van der Waals surface area contributed by atoms with Gasteiger partial charge in [0.15, 0.2) is 0 Å². The molecule has 174 valence electrons. The van der Waals surface area contributed by atoms with Crippen LogP contribution in [0.15, 0.2) is 115 Å². The van der Waals surface area contributed by atoms with Gasteiger partial charge in [-0.05, 0) is 69.3 Å². The number of fused-ring (bicyclic) bond motifs is 10. The SMILES string of the molecule is CN(C)c1ccc(N(C)c2cccc3c2-c2ccccc2C32c3ccccc3-c3ccccc32)cc1. The van der Waals surface area contributed by atoms with E-state index >= 15 is 0 Å². The van der Waals surface area contributed by atoms with Gasteiger partial charge in [0.05, 0.1) is 5.41 Å². The van der Waals surface area contributed by atoms with E-state index in [1.807, 2.05) is 0 Å². The molecule has 0 heterocycles. The summed E-state index contributed by atoms with van der Waals surface area (Å²) in [7, 11) is 6.34. The van der Waals surface area contributed by atoms with Gasteiger partial charge in [-0.15, -0.1) is 0 Å². The summed E-state index contributed by atoms with van der Waals surface area (Å²) in [4.78, 5) is 4.47. The molecule has 0 bridgehead atoms. The quantitative estimate of drug-likeness (QED) is 0.263. The van der Waals surface area contributed by atoms with E-state index in [2.05, 4.69) is 146 Å². The van der Waals surface area contributed by atoms with Crippen LogP contribution in [-0.2, 0) is 5.41 Å². The van der Waals surface area contributed by atoms with Crippen LogP contribution in [0.5, 0.6) is 0 Å². The zero-order valence-electron chi connectivity index (χ0n) is 20.9. The lowest BCUT2D eigenvalue weighted by atomic mass is 9.70. The van der Waals surface area contributed by atoms with Gasteiger partial charge in [-0.1, -0.05) is 84.9 Å². The minimum Gasteiger partial charge on any atom is -0.378 e. The molecular formula is C34H28N2. The van der Waals surface area contributed by atoms with E-state index in [1.165, 1.54) is 61.6 Å². The molecule has 0 fully saturated rings. The van der Waals surface area contributed by atoms with E-state index < -0.39 is 0 Å². The molecule has 5 aromatic carbocycles. The highest BCUT2D eigenvalue weighted by molar-refractivity contribution is 5.99. The maximum Gasteiger partial charge on any atom is 0.0726 e. The highest BCUT2D eigenvalue weighted by Crippen LogP contribution is 2.64. The van der Waals surface area contributed by atoms with Crippen LogP contribution in [0, 0.1) is 0 Å². The largest absolute Gasteiger partial charge is 0.378 e. The predicted octanol–water partition coefficient (Wildman–Crippen LogP) is 7.86. The monoisotopic (exact) mass is 464 g/mol. The summed E-state index contributed by atoms with van der Waals surface area (Å²) >= 11 is 0. The minimum absolute atomic E-state index is 0.301. The molecule has 0 unspecified atom stereocenters. The van der Waals surface area contributed by atoms with Gasteiger partial charge in [-0.2, -0.15) is 0 Å². The second-order valence-corrected chi connectivity index (χ2v) is 10.1. The normalized spacial score (nSPS) is 13.6. The standard InChI is InChI=1S/C34H28N2/c1-35(2)23-19-21-24(22-20-23)36(3)32-18-10-17-31-33(32)27-13-6-9-16-30(27)34(31)28-14-7-4-11-25(28)26-12-5-8-15-29(26)34/h4-22H,1-3H3. The lowest BCUT2D eigenvalue weighted by Crippen LogP contribution is -2.26. The van der Waals surface area contributed by atoms with Crippen molar-refractivity contribution in [2.45, 2.75) is 5.41 Å². The molecule has 0 aromatic heterocycles. The molecule has 0 N–H and O–H groups in total. The van der Waals surface area contributed by atoms with Gasteiger partial charge < -0.3 is 9.80 Å². The predicted molar refractivity (Wildman–Crippen MR) is 152 cm³/mol. The third-order valence-corrected chi connectivity index (χ3v) is 8.11. The molecule has 7 rings (SSSR count). The fraction of sp³-hybridized carbons (Fsp3) is 0.118. The van der Waals surface area contributed by atoms with Gasteiger partial charge in [-0.25, -0.2) is 0 Å². The molecule has 0 atom stereocenters. The van der Waals surface area contributed by atoms with E-state index in [9.17, 15) is 0 Å². The van der Waals surface area contributed by atoms with E-state index in [4.69, 9.17) is 0 Å². The Bertz CT molecular complexity index is 1580. The maximum atomic E-state index is 2.35. The molecule has 0 saturated carbocycles. The topological polar surface area (TPSA) is 6.48 Å². The molecule has 0 amide bonds. The second kappa shape index (κ2) is 7.60. The second-order valence-electron chi connectivity index (χ2n) is 10.1. The molecule has 0 aliphatic heterocycles. The van der Waals surface area contributed by atoms with Crippen molar-refractivity contribution >= 4 is 17.1 Å². The highest BCUT2D eigenvalue weighted by Gasteiger charge is 2.52. The summed E-state index contributed by atoms with van der Waals surface area (Å²) in [6.45, 7) is 0. The average Bonchev–Trinajstić information content (AvgIpc) is 3.40. The van der Waals surface area contributed by atoms with Crippen LogP contribution in [0.4, 0.5) is 17.1 Å². The lowest BCUT2D eigenvalue weighted by molar-refractivity contribution is 0.793. The smallest absolute Gasteiger partial charge is 0.0726 e. The first-order chi connectivity index (χ1) is 17.6. The Balaban J connectivity index is 1.52. The van der Waals surface area contributed by atoms with Gasteiger partial charge in [0.25, 0.3) is 0 Å². The van der Waals surface area contributed by atoms with Crippen LogP contribution in [0.25, 0.3) is 22.3 Å². The first-order valence-electron chi connectivity index (χ1n) is 12.6. The van der Waals surface area contributed by atoms with Crippen LogP contribution in [0.1, 0.15) is 22.3 Å². The molecule has 0 saturated heterocycles. The summed E-state index contributed by atoms with van der Waals surface area (Å²) in [5.41, 5.74) is 14.2. The summed E-state index contributed by atoms with van der Waals surface area (Å²) in [5, 5.41) is 0. The zero-order chi connectivity index (χ0) is 24.4. The van der Waals surface area contributed by atoms with E-state index in [0.717, 1.165) is 0 Å². The van der Waals surface area contributed by atoms with E-state index in [1.54, 1.807) is 0 Å². The highest BCUT2D eigenvalue weighted by atomic mass is 15.1. The summed E-state index contributed by atoms with van der Waals surface area (Å²) in [6, 6.07) is 42.6. The Morgan fingerprint density at radius 1 is 0.444 bits per heavy atom. The summed E-state index contributed by atoms with van der Waals surface area (Å²) in [6.07, 6.45) is 0. The summed E-state index contributed by atoms with van der Waals surface area (Å²) in [5.74, 6) is 0. The number of hydrogen-bond acceptors (Lipinski definition) is 2. The van der Waals surface area contributed by atoms with Crippen molar-refractivity contribution in [3.05, 3.63) is 138 Å². The number of anilines is 3. The van der Waals surface area contributed by atoms with Crippen LogP contribution >= 0.6 is 0 Å². The molecule has 2 nitrogen and oxygen atoms in total. The van der Waals surface area contributed by atoms with Crippen LogP contribution < -0.4 is 9.80 Å². The first-order valence-corrected chi connectivity index (χ1v) is 12.6.